The predicted octanol–water partition coefficient (Wildman–Crippen LogP) is 4.98. The fraction of sp³-hybridized carbons (Fsp3) is 0.190. The van der Waals surface area contributed by atoms with E-state index in [1.807, 2.05) is 49.4 Å². The Labute approximate surface area is 152 Å². The van der Waals surface area contributed by atoms with Crippen molar-refractivity contribution in [2.24, 2.45) is 0 Å². The molecule has 1 N–H and O–H groups in total. The summed E-state index contributed by atoms with van der Waals surface area (Å²) in [6.45, 7) is 7.89. The van der Waals surface area contributed by atoms with Gasteiger partial charge in [0.1, 0.15) is 23.9 Å². The molecule has 5 nitrogen and oxygen atoms in total. The summed E-state index contributed by atoms with van der Waals surface area (Å²) in [6.07, 6.45) is 5.61. The lowest BCUT2D eigenvalue weighted by Gasteiger charge is -2.07. The fourth-order valence-corrected chi connectivity index (χ4v) is 2.26. The van der Waals surface area contributed by atoms with Gasteiger partial charge < -0.3 is 19.0 Å². The molecule has 136 valence electrons. The molecular formula is C21H22O5. The van der Waals surface area contributed by atoms with Crippen LogP contribution in [0.4, 0.5) is 0 Å². The minimum absolute atomic E-state index is 0.0870. The average molecular weight is 354 g/mol. The number of methoxy groups -OCH3 is 1. The number of allylic oxidation sites excluding steroid dienone is 4. The highest BCUT2D eigenvalue weighted by atomic mass is 16.5. The van der Waals surface area contributed by atoms with Crippen molar-refractivity contribution in [1.82, 2.24) is 0 Å². The summed E-state index contributed by atoms with van der Waals surface area (Å²) in [4.78, 5) is 10.9. The summed E-state index contributed by atoms with van der Waals surface area (Å²) in [5.41, 5.74) is 2.52. The smallest absolute Gasteiger partial charge is 0.371 e. The van der Waals surface area contributed by atoms with E-state index in [4.69, 9.17) is 19.0 Å². The third kappa shape index (κ3) is 4.89. The predicted molar refractivity (Wildman–Crippen MR) is 100 cm³/mol. The SMILES string of the molecule is C=C(/C=C\C(=C/C)OC)c1ccc(OCc2cc(C(=O)O)oc2C)cc1. The van der Waals surface area contributed by atoms with Crippen LogP contribution in [0.5, 0.6) is 5.75 Å². The number of carbonyl (C=O) groups is 1. The van der Waals surface area contributed by atoms with Crippen LogP contribution in [0.2, 0.25) is 0 Å². The molecule has 5 heteroatoms. The maximum atomic E-state index is 10.9. The molecule has 0 saturated carbocycles. The van der Waals surface area contributed by atoms with Gasteiger partial charge in [-0.1, -0.05) is 24.8 Å². The number of carboxylic acids is 1. The van der Waals surface area contributed by atoms with Crippen LogP contribution >= 0.6 is 0 Å². The van der Waals surface area contributed by atoms with Gasteiger partial charge in [0.25, 0.3) is 0 Å². The lowest BCUT2D eigenvalue weighted by molar-refractivity contribution is 0.0661. The van der Waals surface area contributed by atoms with E-state index in [0.717, 1.165) is 16.9 Å². The van der Waals surface area contributed by atoms with Gasteiger partial charge in [-0.2, -0.15) is 0 Å². The number of hydrogen-bond donors (Lipinski definition) is 1. The first-order valence-electron chi connectivity index (χ1n) is 8.07. The van der Waals surface area contributed by atoms with Crippen molar-refractivity contribution in [1.29, 1.82) is 0 Å². The first-order valence-corrected chi connectivity index (χ1v) is 8.07. The molecule has 0 spiro atoms. The van der Waals surface area contributed by atoms with Crippen LogP contribution in [0.3, 0.4) is 0 Å². The molecule has 0 fully saturated rings. The third-order valence-electron chi connectivity index (χ3n) is 3.82. The van der Waals surface area contributed by atoms with E-state index in [-0.39, 0.29) is 12.4 Å². The molecule has 0 aliphatic heterocycles. The molecule has 0 amide bonds. The summed E-state index contributed by atoms with van der Waals surface area (Å²) >= 11 is 0. The van der Waals surface area contributed by atoms with Gasteiger partial charge in [-0.15, -0.1) is 0 Å². The molecule has 26 heavy (non-hydrogen) atoms. The molecule has 0 aliphatic rings. The minimum Gasteiger partial charge on any atom is -0.497 e. The molecule has 0 atom stereocenters. The molecule has 1 aromatic heterocycles. The van der Waals surface area contributed by atoms with Gasteiger partial charge in [0.2, 0.25) is 5.76 Å². The molecule has 2 aromatic rings. The molecule has 1 heterocycles. The van der Waals surface area contributed by atoms with Crippen LogP contribution in [-0.2, 0) is 11.3 Å². The Morgan fingerprint density at radius 3 is 2.50 bits per heavy atom. The first kappa shape index (κ1) is 19.1. The Bertz CT molecular complexity index is 838. The number of rotatable bonds is 8. The van der Waals surface area contributed by atoms with Crippen LogP contribution in [0, 0.1) is 6.92 Å². The number of aromatic carboxylic acids is 1. The second-order valence-corrected chi connectivity index (χ2v) is 5.56. The minimum atomic E-state index is -1.09. The summed E-state index contributed by atoms with van der Waals surface area (Å²) in [5.74, 6) is 0.799. The standard InChI is InChI=1S/C21H22O5/c1-5-18(24-4)9-6-14(2)16-7-10-19(11-8-16)25-13-17-12-20(21(22)23)26-15(17)3/h5-12H,2,13H2,1,3-4H3,(H,22,23)/b9-6-,18-5+. The first-order chi connectivity index (χ1) is 12.4. The van der Waals surface area contributed by atoms with E-state index >= 15 is 0 Å². The van der Waals surface area contributed by atoms with E-state index in [2.05, 4.69) is 6.58 Å². The van der Waals surface area contributed by atoms with Gasteiger partial charge in [-0.3, -0.25) is 0 Å². The maximum absolute atomic E-state index is 10.9. The maximum Gasteiger partial charge on any atom is 0.371 e. The Kier molecular flexibility index (Phi) is 6.44. The Morgan fingerprint density at radius 1 is 1.27 bits per heavy atom. The summed E-state index contributed by atoms with van der Waals surface area (Å²) in [6, 6.07) is 8.99. The van der Waals surface area contributed by atoms with Crippen LogP contribution in [0.15, 0.2) is 65.3 Å². The van der Waals surface area contributed by atoms with Gasteiger partial charge in [-0.05, 0) is 55.3 Å². The fourth-order valence-electron chi connectivity index (χ4n) is 2.26. The number of aryl methyl sites for hydroxylation is 1. The zero-order valence-corrected chi connectivity index (χ0v) is 15.1. The largest absolute Gasteiger partial charge is 0.497 e. The van der Waals surface area contributed by atoms with Crippen LogP contribution in [0.1, 0.15) is 34.4 Å². The van der Waals surface area contributed by atoms with Gasteiger partial charge in [0.15, 0.2) is 0 Å². The van der Waals surface area contributed by atoms with Gasteiger partial charge in [-0.25, -0.2) is 4.79 Å². The van der Waals surface area contributed by atoms with Gasteiger partial charge in [0.05, 0.1) is 7.11 Å². The van der Waals surface area contributed by atoms with Crippen molar-refractivity contribution in [2.45, 2.75) is 20.5 Å². The van der Waals surface area contributed by atoms with Gasteiger partial charge >= 0.3 is 5.97 Å². The molecular weight excluding hydrogens is 332 g/mol. The Morgan fingerprint density at radius 2 is 1.96 bits per heavy atom. The van der Waals surface area contributed by atoms with E-state index in [1.165, 1.54) is 6.07 Å². The molecule has 0 saturated heterocycles. The lowest BCUT2D eigenvalue weighted by atomic mass is 10.1. The molecule has 1 aromatic carbocycles. The van der Waals surface area contributed by atoms with Crippen LogP contribution in [0.25, 0.3) is 5.57 Å². The zero-order chi connectivity index (χ0) is 19.1. The average Bonchev–Trinajstić information content (AvgIpc) is 3.02. The normalized spacial score (nSPS) is 11.6. The molecule has 0 radical (unpaired) electrons. The Hall–Kier alpha value is -3.21. The highest BCUT2D eigenvalue weighted by Gasteiger charge is 2.13. The zero-order valence-electron chi connectivity index (χ0n) is 15.1. The van der Waals surface area contributed by atoms with Crippen molar-refractivity contribution in [3.8, 4) is 5.75 Å². The quantitative estimate of drug-likeness (QED) is 0.534. The van der Waals surface area contributed by atoms with Crippen molar-refractivity contribution in [2.75, 3.05) is 7.11 Å². The molecule has 0 unspecified atom stereocenters. The van der Waals surface area contributed by atoms with Crippen molar-refractivity contribution in [3.05, 3.63) is 83.5 Å². The molecule has 0 bridgehead atoms. The van der Waals surface area contributed by atoms with E-state index in [1.54, 1.807) is 14.0 Å². The van der Waals surface area contributed by atoms with Crippen LogP contribution < -0.4 is 4.74 Å². The van der Waals surface area contributed by atoms with Crippen LogP contribution in [-0.4, -0.2) is 18.2 Å². The second-order valence-electron chi connectivity index (χ2n) is 5.56. The number of carboxylic acid groups (broad SMARTS) is 1. The van der Waals surface area contributed by atoms with Crippen molar-refractivity contribution in [3.63, 3.8) is 0 Å². The van der Waals surface area contributed by atoms with E-state index in [0.29, 0.717) is 17.1 Å². The highest BCUT2D eigenvalue weighted by molar-refractivity contribution is 5.84. The topological polar surface area (TPSA) is 68.9 Å². The summed E-state index contributed by atoms with van der Waals surface area (Å²) in [5, 5.41) is 8.94. The van der Waals surface area contributed by atoms with E-state index in [9.17, 15) is 4.79 Å². The lowest BCUT2D eigenvalue weighted by Crippen LogP contribution is -1.96. The Balaban J connectivity index is 1.99. The molecule has 2 rings (SSSR count). The third-order valence-corrected chi connectivity index (χ3v) is 3.82. The summed E-state index contributed by atoms with van der Waals surface area (Å²) in [7, 11) is 1.62. The number of furan rings is 1. The second kappa shape index (κ2) is 8.76. The number of hydrogen-bond acceptors (Lipinski definition) is 4. The number of ether oxygens (including phenoxy) is 2. The number of benzene rings is 1. The van der Waals surface area contributed by atoms with Gasteiger partial charge in [0, 0.05) is 5.56 Å². The highest BCUT2D eigenvalue weighted by Crippen LogP contribution is 2.21. The molecule has 0 aliphatic carbocycles. The summed E-state index contributed by atoms with van der Waals surface area (Å²) < 4.78 is 16.0. The van der Waals surface area contributed by atoms with Crippen molar-refractivity contribution < 1.29 is 23.8 Å². The van der Waals surface area contributed by atoms with Crippen molar-refractivity contribution >= 4 is 11.5 Å². The van der Waals surface area contributed by atoms with E-state index < -0.39 is 5.97 Å². The monoisotopic (exact) mass is 354 g/mol.